The van der Waals surface area contributed by atoms with Crippen LogP contribution in [0.4, 0.5) is 5.69 Å². The lowest BCUT2D eigenvalue weighted by Gasteiger charge is -2.36. The largest absolute Gasteiger partial charge is 0.369 e. The number of hydrogen-bond acceptors (Lipinski definition) is 4. The molecule has 0 aliphatic carbocycles. The van der Waals surface area contributed by atoms with E-state index in [-0.39, 0.29) is 0 Å². The zero-order valence-corrected chi connectivity index (χ0v) is 16.8. The van der Waals surface area contributed by atoms with E-state index < -0.39 is 0 Å². The maximum Gasteiger partial charge on any atom is 0.120 e. The first kappa shape index (κ1) is 19.5. The van der Waals surface area contributed by atoms with E-state index in [1.54, 1.807) is 0 Å². The molecule has 0 amide bonds. The van der Waals surface area contributed by atoms with E-state index in [1.165, 1.54) is 16.9 Å². The molecule has 1 atom stereocenters. The Balaban J connectivity index is 1.39. The zero-order chi connectivity index (χ0) is 19.2. The molecule has 0 unspecified atom stereocenters. The molecule has 0 bridgehead atoms. The number of anilines is 1. The van der Waals surface area contributed by atoms with Crippen molar-refractivity contribution in [2.75, 3.05) is 37.6 Å². The van der Waals surface area contributed by atoms with Crippen molar-refractivity contribution >= 4 is 5.69 Å². The van der Waals surface area contributed by atoms with Gasteiger partial charge in [0, 0.05) is 57.2 Å². The molecule has 27 heavy (non-hydrogen) atoms. The van der Waals surface area contributed by atoms with E-state index >= 15 is 0 Å². The Morgan fingerprint density at radius 1 is 1.15 bits per heavy atom. The highest BCUT2D eigenvalue weighted by Crippen LogP contribution is 2.16. The number of nitriles is 1. The first-order valence-corrected chi connectivity index (χ1v) is 9.89. The van der Waals surface area contributed by atoms with Gasteiger partial charge in [0.05, 0.1) is 0 Å². The van der Waals surface area contributed by atoms with Gasteiger partial charge in [-0.25, -0.2) is 0 Å². The van der Waals surface area contributed by atoms with Gasteiger partial charge in [0.1, 0.15) is 11.8 Å². The molecule has 5 heteroatoms. The Morgan fingerprint density at radius 3 is 2.48 bits per heavy atom. The maximum absolute atomic E-state index is 9.15. The van der Waals surface area contributed by atoms with Crippen LogP contribution in [0.2, 0.25) is 0 Å². The third-order valence-electron chi connectivity index (χ3n) is 5.77. The van der Waals surface area contributed by atoms with Crippen molar-refractivity contribution in [1.29, 1.82) is 5.26 Å². The number of nitrogens with zero attached hydrogens (tertiary/aromatic N) is 4. The topological polar surface area (TPSA) is 47.2 Å². The number of para-hydroxylation sites is 1. The summed E-state index contributed by atoms with van der Waals surface area (Å²) in [6.45, 7) is 10.8. The first-order chi connectivity index (χ1) is 13.1. The van der Waals surface area contributed by atoms with Gasteiger partial charge in [-0.1, -0.05) is 18.2 Å². The van der Waals surface area contributed by atoms with Crippen LogP contribution in [0, 0.1) is 18.3 Å². The van der Waals surface area contributed by atoms with Gasteiger partial charge in [0.25, 0.3) is 0 Å². The summed E-state index contributed by atoms with van der Waals surface area (Å²) in [5.74, 6) is 0. The third-order valence-corrected chi connectivity index (χ3v) is 5.77. The molecule has 1 aromatic carbocycles. The molecular formula is C22H31N5. The number of rotatable bonds is 7. The average molecular weight is 366 g/mol. The second-order valence-corrected chi connectivity index (χ2v) is 7.55. The van der Waals surface area contributed by atoms with Crippen molar-refractivity contribution in [2.45, 2.75) is 32.9 Å². The van der Waals surface area contributed by atoms with E-state index in [9.17, 15) is 0 Å². The predicted octanol–water partition coefficient (Wildman–Crippen LogP) is 2.90. The molecule has 1 aliphatic heterocycles. The average Bonchev–Trinajstić information content (AvgIpc) is 2.99. The molecule has 144 valence electrons. The van der Waals surface area contributed by atoms with Crippen LogP contribution in [0.1, 0.15) is 30.3 Å². The molecule has 2 heterocycles. The number of aromatic nitrogens is 1. The summed E-state index contributed by atoms with van der Waals surface area (Å²) in [7, 11) is 1.95. The summed E-state index contributed by atoms with van der Waals surface area (Å²) in [6, 6.07) is 15.4. The standard InChI is InChI=1S/C22H31N5/c1-18(24-17-20-15-22(16-23)25(3)19(20)2)9-10-26-11-13-27(14-12-26)21-7-5-4-6-8-21/h4-8,15,18,24H,9-14,17H2,1-3H3/t18-/m0/s1. The summed E-state index contributed by atoms with van der Waals surface area (Å²) < 4.78 is 1.97. The molecule has 3 rings (SSSR count). The Morgan fingerprint density at radius 2 is 1.85 bits per heavy atom. The summed E-state index contributed by atoms with van der Waals surface area (Å²) in [6.07, 6.45) is 1.14. The smallest absolute Gasteiger partial charge is 0.120 e. The molecular weight excluding hydrogens is 334 g/mol. The fraction of sp³-hybridized carbons (Fsp3) is 0.500. The zero-order valence-electron chi connectivity index (χ0n) is 16.8. The first-order valence-electron chi connectivity index (χ1n) is 9.89. The van der Waals surface area contributed by atoms with Gasteiger partial charge in [0.15, 0.2) is 0 Å². The quantitative estimate of drug-likeness (QED) is 0.820. The molecule has 5 nitrogen and oxygen atoms in total. The van der Waals surface area contributed by atoms with Crippen molar-refractivity contribution in [2.24, 2.45) is 7.05 Å². The summed E-state index contributed by atoms with van der Waals surface area (Å²) in [4.78, 5) is 5.04. The molecule has 1 fully saturated rings. The minimum Gasteiger partial charge on any atom is -0.369 e. The van der Waals surface area contributed by atoms with Gasteiger partial charge in [-0.15, -0.1) is 0 Å². The summed E-state index contributed by atoms with van der Waals surface area (Å²) >= 11 is 0. The van der Waals surface area contributed by atoms with E-state index in [4.69, 9.17) is 5.26 Å². The van der Waals surface area contributed by atoms with E-state index in [1.807, 2.05) is 17.7 Å². The number of piperazine rings is 1. The number of hydrogen-bond donors (Lipinski definition) is 1. The van der Waals surface area contributed by atoms with Crippen LogP contribution < -0.4 is 10.2 Å². The van der Waals surface area contributed by atoms with Crippen LogP contribution in [0.25, 0.3) is 0 Å². The third kappa shape index (κ3) is 4.91. The van der Waals surface area contributed by atoms with Gasteiger partial charge in [-0.2, -0.15) is 5.26 Å². The maximum atomic E-state index is 9.15. The highest BCUT2D eigenvalue weighted by molar-refractivity contribution is 5.46. The lowest BCUT2D eigenvalue weighted by atomic mass is 10.1. The Hall–Kier alpha value is -2.29. The molecule has 1 N–H and O–H groups in total. The van der Waals surface area contributed by atoms with Crippen molar-refractivity contribution in [3.8, 4) is 6.07 Å². The normalized spacial score (nSPS) is 16.3. The predicted molar refractivity (Wildman–Crippen MR) is 111 cm³/mol. The Bertz CT molecular complexity index is 766. The van der Waals surface area contributed by atoms with Crippen LogP contribution in [0.3, 0.4) is 0 Å². The fourth-order valence-electron chi connectivity index (χ4n) is 3.68. The van der Waals surface area contributed by atoms with Crippen molar-refractivity contribution in [3.05, 3.63) is 53.3 Å². The van der Waals surface area contributed by atoms with Crippen molar-refractivity contribution in [1.82, 2.24) is 14.8 Å². The molecule has 0 saturated carbocycles. The van der Waals surface area contributed by atoms with E-state index in [0.717, 1.165) is 51.4 Å². The molecule has 2 aromatic rings. The van der Waals surface area contributed by atoms with E-state index in [2.05, 4.69) is 65.4 Å². The van der Waals surface area contributed by atoms with Crippen LogP contribution in [0.5, 0.6) is 0 Å². The van der Waals surface area contributed by atoms with Crippen LogP contribution in [-0.2, 0) is 13.6 Å². The molecule has 0 radical (unpaired) electrons. The van der Waals surface area contributed by atoms with Gasteiger partial charge in [-0.3, -0.25) is 4.90 Å². The van der Waals surface area contributed by atoms with Gasteiger partial charge >= 0.3 is 0 Å². The molecule has 1 saturated heterocycles. The minimum absolute atomic E-state index is 0.460. The van der Waals surface area contributed by atoms with E-state index in [0.29, 0.717) is 6.04 Å². The van der Waals surface area contributed by atoms with Crippen LogP contribution >= 0.6 is 0 Å². The van der Waals surface area contributed by atoms with Crippen molar-refractivity contribution in [3.63, 3.8) is 0 Å². The summed E-state index contributed by atoms with van der Waals surface area (Å²) in [5.41, 5.74) is 4.45. The lowest BCUT2D eigenvalue weighted by molar-refractivity contribution is 0.244. The second kappa shape index (κ2) is 9.07. The van der Waals surface area contributed by atoms with Crippen LogP contribution in [-0.4, -0.2) is 48.2 Å². The number of benzene rings is 1. The second-order valence-electron chi connectivity index (χ2n) is 7.55. The highest BCUT2D eigenvalue weighted by atomic mass is 15.3. The molecule has 1 aromatic heterocycles. The summed E-state index contributed by atoms with van der Waals surface area (Å²) in [5, 5.41) is 12.8. The Kier molecular flexibility index (Phi) is 6.54. The highest BCUT2D eigenvalue weighted by Gasteiger charge is 2.17. The SMILES string of the molecule is Cc1c(CN[C@@H](C)CCN2CCN(c3ccccc3)CC2)cc(C#N)n1C. The van der Waals surface area contributed by atoms with Gasteiger partial charge < -0.3 is 14.8 Å². The van der Waals surface area contributed by atoms with Crippen molar-refractivity contribution < 1.29 is 0 Å². The Labute approximate surface area is 163 Å². The monoisotopic (exact) mass is 365 g/mol. The molecule has 1 aliphatic rings. The lowest BCUT2D eigenvalue weighted by Crippen LogP contribution is -2.47. The minimum atomic E-state index is 0.460. The molecule has 0 spiro atoms. The number of nitrogens with one attached hydrogen (secondary N) is 1. The van der Waals surface area contributed by atoms with Crippen LogP contribution in [0.15, 0.2) is 36.4 Å². The van der Waals surface area contributed by atoms with Gasteiger partial charge in [0.2, 0.25) is 0 Å². The fourth-order valence-corrected chi connectivity index (χ4v) is 3.68. The van der Waals surface area contributed by atoms with Gasteiger partial charge in [-0.05, 0) is 50.6 Å².